The van der Waals surface area contributed by atoms with E-state index in [0.717, 1.165) is 24.8 Å². The van der Waals surface area contributed by atoms with Crippen molar-refractivity contribution in [3.05, 3.63) is 59.0 Å². The van der Waals surface area contributed by atoms with E-state index in [9.17, 15) is 9.59 Å². The first kappa shape index (κ1) is 16.3. The summed E-state index contributed by atoms with van der Waals surface area (Å²) >= 11 is 0. The molecule has 5 heteroatoms. The topological polar surface area (TPSA) is 70.8 Å². The molecule has 0 radical (unpaired) electrons. The SMILES string of the molecule is Cc1oc(CN(C)C(=O)C2(c3ccccc3)CCC2)cc1C(=O)O. The minimum atomic E-state index is -1.02. The molecule has 1 amide bonds. The number of hydrogen-bond donors (Lipinski definition) is 1. The van der Waals surface area contributed by atoms with Crippen molar-refractivity contribution in [2.24, 2.45) is 0 Å². The zero-order valence-electron chi connectivity index (χ0n) is 13.9. The molecule has 24 heavy (non-hydrogen) atoms. The average Bonchev–Trinajstić information content (AvgIpc) is 2.88. The smallest absolute Gasteiger partial charge is 0.339 e. The van der Waals surface area contributed by atoms with Crippen LogP contribution < -0.4 is 0 Å². The van der Waals surface area contributed by atoms with E-state index in [1.165, 1.54) is 6.07 Å². The Kier molecular flexibility index (Phi) is 4.18. The van der Waals surface area contributed by atoms with Crippen LogP contribution in [0.2, 0.25) is 0 Å². The molecule has 2 aromatic rings. The maximum absolute atomic E-state index is 13.0. The Labute approximate surface area is 140 Å². The van der Waals surface area contributed by atoms with Crippen LogP contribution in [0.15, 0.2) is 40.8 Å². The van der Waals surface area contributed by atoms with Crippen molar-refractivity contribution < 1.29 is 19.1 Å². The number of carbonyl (C=O) groups is 2. The molecule has 5 nitrogen and oxygen atoms in total. The molecule has 1 heterocycles. The first-order chi connectivity index (χ1) is 11.4. The summed E-state index contributed by atoms with van der Waals surface area (Å²) in [7, 11) is 1.74. The summed E-state index contributed by atoms with van der Waals surface area (Å²) in [5.74, 6) is -0.106. The monoisotopic (exact) mass is 327 g/mol. The number of likely N-dealkylation sites (N-methyl/N-ethyl adjacent to an activating group) is 1. The van der Waals surface area contributed by atoms with Crippen molar-refractivity contribution in [3.8, 4) is 0 Å². The Morgan fingerprint density at radius 3 is 2.42 bits per heavy atom. The molecular weight excluding hydrogens is 306 g/mol. The van der Waals surface area contributed by atoms with Gasteiger partial charge >= 0.3 is 5.97 Å². The molecule has 3 rings (SSSR count). The van der Waals surface area contributed by atoms with Crippen LogP contribution in [-0.2, 0) is 16.8 Å². The number of rotatable bonds is 5. The third kappa shape index (κ3) is 2.70. The number of aryl methyl sites for hydroxylation is 1. The predicted molar refractivity (Wildman–Crippen MR) is 88.8 cm³/mol. The minimum Gasteiger partial charge on any atom is -0.478 e. The lowest BCUT2D eigenvalue weighted by Crippen LogP contribution is -2.49. The lowest BCUT2D eigenvalue weighted by Gasteiger charge is -2.43. The first-order valence-electron chi connectivity index (χ1n) is 8.08. The van der Waals surface area contributed by atoms with Crippen LogP contribution in [0.3, 0.4) is 0 Å². The van der Waals surface area contributed by atoms with E-state index in [-0.39, 0.29) is 18.0 Å². The van der Waals surface area contributed by atoms with Gasteiger partial charge in [0.2, 0.25) is 5.91 Å². The molecule has 1 aromatic heterocycles. The van der Waals surface area contributed by atoms with Crippen molar-refractivity contribution >= 4 is 11.9 Å². The maximum atomic E-state index is 13.0. The molecule has 0 spiro atoms. The molecule has 1 N–H and O–H groups in total. The van der Waals surface area contributed by atoms with Crippen molar-refractivity contribution in [2.75, 3.05) is 7.05 Å². The van der Waals surface area contributed by atoms with Gasteiger partial charge in [0.25, 0.3) is 0 Å². The Morgan fingerprint density at radius 1 is 1.25 bits per heavy atom. The summed E-state index contributed by atoms with van der Waals surface area (Å²) in [5, 5.41) is 9.11. The minimum absolute atomic E-state index is 0.0610. The number of carbonyl (C=O) groups excluding carboxylic acids is 1. The van der Waals surface area contributed by atoms with Gasteiger partial charge in [0.05, 0.1) is 12.0 Å². The summed E-state index contributed by atoms with van der Waals surface area (Å²) in [6.45, 7) is 1.88. The number of nitrogens with zero attached hydrogens (tertiary/aromatic N) is 1. The molecule has 1 aliphatic carbocycles. The molecule has 1 aliphatic rings. The number of furan rings is 1. The molecule has 0 unspecified atom stereocenters. The molecule has 1 aromatic carbocycles. The van der Waals surface area contributed by atoms with Gasteiger partial charge in [0.1, 0.15) is 17.1 Å². The predicted octanol–water partition coefficient (Wildman–Crippen LogP) is 3.37. The quantitative estimate of drug-likeness (QED) is 0.914. The molecule has 0 atom stereocenters. The van der Waals surface area contributed by atoms with Crippen molar-refractivity contribution in [2.45, 2.75) is 38.1 Å². The molecule has 0 saturated heterocycles. The second-order valence-corrected chi connectivity index (χ2v) is 6.45. The summed E-state index contributed by atoms with van der Waals surface area (Å²) in [4.78, 5) is 25.8. The van der Waals surface area contributed by atoms with Crippen molar-refractivity contribution in [3.63, 3.8) is 0 Å². The van der Waals surface area contributed by atoms with Crippen LogP contribution in [-0.4, -0.2) is 28.9 Å². The van der Waals surface area contributed by atoms with E-state index < -0.39 is 11.4 Å². The highest BCUT2D eigenvalue weighted by atomic mass is 16.4. The van der Waals surface area contributed by atoms with Gasteiger partial charge in [0, 0.05) is 7.05 Å². The number of aromatic carboxylic acids is 1. The fourth-order valence-electron chi connectivity index (χ4n) is 3.42. The zero-order chi connectivity index (χ0) is 17.3. The number of hydrogen-bond acceptors (Lipinski definition) is 3. The van der Waals surface area contributed by atoms with Gasteiger partial charge in [-0.05, 0) is 31.4 Å². The van der Waals surface area contributed by atoms with E-state index >= 15 is 0 Å². The van der Waals surface area contributed by atoms with E-state index in [2.05, 4.69) is 0 Å². The number of benzene rings is 1. The van der Waals surface area contributed by atoms with E-state index in [1.54, 1.807) is 18.9 Å². The van der Waals surface area contributed by atoms with Crippen LogP contribution in [0, 0.1) is 6.92 Å². The van der Waals surface area contributed by atoms with Gasteiger partial charge in [-0.15, -0.1) is 0 Å². The van der Waals surface area contributed by atoms with Gasteiger partial charge in [-0.2, -0.15) is 0 Å². The zero-order valence-corrected chi connectivity index (χ0v) is 13.9. The van der Waals surface area contributed by atoms with E-state index in [0.29, 0.717) is 11.5 Å². The first-order valence-corrected chi connectivity index (χ1v) is 8.08. The van der Waals surface area contributed by atoms with Crippen LogP contribution >= 0.6 is 0 Å². The van der Waals surface area contributed by atoms with Crippen LogP contribution in [0.5, 0.6) is 0 Å². The molecular formula is C19H21NO4. The normalized spacial score (nSPS) is 15.6. The molecule has 0 bridgehead atoms. The lowest BCUT2D eigenvalue weighted by molar-refractivity contribution is -0.140. The second kappa shape index (κ2) is 6.15. The Balaban J connectivity index is 1.79. The Hall–Kier alpha value is -2.56. The highest BCUT2D eigenvalue weighted by Crippen LogP contribution is 2.45. The molecule has 1 fully saturated rings. The van der Waals surface area contributed by atoms with Crippen molar-refractivity contribution in [1.29, 1.82) is 0 Å². The van der Waals surface area contributed by atoms with Gasteiger partial charge in [-0.1, -0.05) is 36.8 Å². The summed E-state index contributed by atoms with van der Waals surface area (Å²) in [6, 6.07) is 11.4. The molecule has 1 saturated carbocycles. The fourth-order valence-corrected chi connectivity index (χ4v) is 3.42. The van der Waals surface area contributed by atoms with Crippen LogP contribution in [0.4, 0.5) is 0 Å². The van der Waals surface area contributed by atoms with Gasteiger partial charge in [-0.25, -0.2) is 4.79 Å². The lowest BCUT2D eigenvalue weighted by atomic mass is 9.63. The Bertz CT molecular complexity index is 759. The highest BCUT2D eigenvalue weighted by Gasteiger charge is 2.46. The van der Waals surface area contributed by atoms with Gasteiger partial charge < -0.3 is 14.4 Å². The van der Waals surface area contributed by atoms with Crippen LogP contribution in [0.1, 0.15) is 46.7 Å². The van der Waals surface area contributed by atoms with Gasteiger partial charge in [0.15, 0.2) is 0 Å². The van der Waals surface area contributed by atoms with E-state index in [4.69, 9.17) is 9.52 Å². The number of carboxylic acid groups (broad SMARTS) is 1. The third-order valence-electron chi connectivity index (χ3n) is 4.88. The summed E-state index contributed by atoms with van der Waals surface area (Å²) < 4.78 is 5.49. The summed E-state index contributed by atoms with van der Waals surface area (Å²) in [5.41, 5.74) is 0.745. The number of carboxylic acids is 1. The largest absolute Gasteiger partial charge is 0.478 e. The van der Waals surface area contributed by atoms with Crippen molar-refractivity contribution in [1.82, 2.24) is 4.90 Å². The molecule has 0 aliphatic heterocycles. The number of amides is 1. The second-order valence-electron chi connectivity index (χ2n) is 6.45. The van der Waals surface area contributed by atoms with Crippen LogP contribution in [0.25, 0.3) is 0 Å². The third-order valence-corrected chi connectivity index (χ3v) is 4.88. The molecule has 126 valence electrons. The Morgan fingerprint density at radius 2 is 1.92 bits per heavy atom. The highest BCUT2D eigenvalue weighted by molar-refractivity contribution is 5.90. The average molecular weight is 327 g/mol. The maximum Gasteiger partial charge on any atom is 0.339 e. The van der Waals surface area contributed by atoms with Gasteiger partial charge in [-0.3, -0.25) is 4.79 Å². The summed E-state index contributed by atoms with van der Waals surface area (Å²) in [6.07, 6.45) is 2.73. The fraction of sp³-hybridized carbons (Fsp3) is 0.368. The standard InChI is InChI=1S/C19H21NO4/c1-13-16(17(21)22)11-15(24-13)12-20(2)18(23)19(9-6-10-19)14-7-4-3-5-8-14/h3-5,7-8,11H,6,9-10,12H2,1-2H3,(H,21,22). The van der Waals surface area contributed by atoms with E-state index in [1.807, 2.05) is 30.3 Å².